The third kappa shape index (κ3) is 3.73. The van der Waals surface area contributed by atoms with Gasteiger partial charge < -0.3 is 5.73 Å². The van der Waals surface area contributed by atoms with Crippen LogP contribution in [0, 0.1) is 5.92 Å². The molecule has 0 bridgehead atoms. The van der Waals surface area contributed by atoms with Gasteiger partial charge in [-0.1, -0.05) is 57.4 Å². The maximum absolute atomic E-state index is 6.44. The molecule has 1 fully saturated rings. The van der Waals surface area contributed by atoms with Crippen LogP contribution in [-0.2, 0) is 0 Å². The summed E-state index contributed by atoms with van der Waals surface area (Å²) in [5.41, 5.74) is 9.19. The molecule has 0 heterocycles. The first kappa shape index (κ1) is 15.5. The summed E-state index contributed by atoms with van der Waals surface area (Å²) < 4.78 is 0. The summed E-state index contributed by atoms with van der Waals surface area (Å²) in [6.45, 7) is 4.48. The molecule has 2 heteroatoms. The van der Waals surface area contributed by atoms with Crippen LogP contribution in [-0.4, -0.2) is 0 Å². The minimum absolute atomic E-state index is 0. The van der Waals surface area contributed by atoms with E-state index in [1.807, 2.05) is 0 Å². The largest absolute Gasteiger partial charge is 0.324 e. The third-order valence-electron chi connectivity index (χ3n) is 4.12. The van der Waals surface area contributed by atoms with Crippen molar-refractivity contribution in [3.8, 4) is 0 Å². The molecule has 0 aliphatic heterocycles. The van der Waals surface area contributed by atoms with Gasteiger partial charge in [0.15, 0.2) is 0 Å². The summed E-state index contributed by atoms with van der Waals surface area (Å²) in [4.78, 5) is 0. The maximum Gasteiger partial charge on any atom is 0.0323 e. The number of hydrogen-bond acceptors (Lipinski definition) is 1. The lowest BCUT2D eigenvalue weighted by molar-refractivity contribution is 0.308. The Labute approximate surface area is 118 Å². The zero-order chi connectivity index (χ0) is 12.3. The fraction of sp³-hybridized carbons (Fsp3) is 0.625. The summed E-state index contributed by atoms with van der Waals surface area (Å²) >= 11 is 0. The summed E-state index contributed by atoms with van der Waals surface area (Å²) in [6, 6.07) is 9.12. The molecular formula is C16H26ClN. The normalized spacial score (nSPS) is 18.4. The van der Waals surface area contributed by atoms with E-state index in [0.29, 0.717) is 11.8 Å². The van der Waals surface area contributed by atoms with E-state index < -0.39 is 0 Å². The number of benzene rings is 1. The predicted molar refractivity (Wildman–Crippen MR) is 81.3 cm³/mol. The van der Waals surface area contributed by atoms with Crippen molar-refractivity contribution in [2.45, 2.75) is 57.9 Å². The fourth-order valence-electron chi connectivity index (χ4n) is 2.89. The van der Waals surface area contributed by atoms with Crippen molar-refractivity contribution in [2.24, 2.45) is 11.7 Å². The monoisotopic (exact) mass is 267 g/mol. The molecule has 2 N–H and O–H groups in total. The SMILES string of the molecule is CC(C)c1cccc([C@@H](N)C2CCCCC2)c1.Cl. The van der Waals surface area contributed by atoms with Crippen LogP contribution in [0.1, 0.15) is 69.0 Å². The van der Waals surface area contributed by atoms with Gasteiger partial charge in [0.2, 0.25) is 0 Å². The van der Waals surface area contributed by atoms with E-state index in [-0.39, 0.29) is 18.4 Å². The number of hydrogen-bond donors (Lipinski definition) is 1. The predicted octanol–water partition coefficient (Wildman–Crippen LogP) is 4.81. The molecule has 2 rings (SSSR count). The van der Waals surface area contributed by atoms with E-state index in [0.717, 1.165) is 0 Å². The Morgan fingerprint density at radius 1 is 1.06 bits per heavy atom. The third-order valence-corrected chi connectivity index (χ3v) is 4.12. The Bertz CT molecular complexity index is 356. The van der Waals surface area contributed by atoms with Gasteiger partial charge in [-0.2, -0.15) is 0 Å². The average molecular weight is 268 g/mol. The molecule has 1 nitrogen and oxygen atoms in total. The van der Waals surface area contributed by atoms with Crippen LogP contribution in [0.2, 0.25) is 0 Å². The van der Waals surface area contributed by atoms with E-state index >= 15 is 0 Å². The first-order valence-electron chi connectivity index (χ1n) is 7.04. The van der Waals surface area contributed by atoms with E-state index in [4.69, 9.17) is 5.73 Å². The van der Waals surface area contributed by atoms with Gasteiger partial charge in [-0.15, -0.1) is 12.4 Å². The minimum Gasteiger partial charge on any atom is -0.324 e. The molecule has 1 aromatic rings. The van der Waals surface area contributed by atoms with Crippen LogP contribution in [0.5, 0.6) is 0 Å². The lowest BCUT2D eigenvalue weighted by Crippen LogP contribution is -2.23. The molecule has 0 spiro atoms. The lowest BCUT2D eigenvalue weighted by Gasteiger charge is -2.28. The highest BCUT2D eigenvalue weighted by Crippen LogP contribution is 2.33. The maximum atomic E-state index is 6.44. The highest BCUT2D eigenvalue weighted by atomic mass is 35.5. The molecule has 1 saturated carbocycles. The number of rotatable bonds is 3. The second-order valence-electron chi connectivity index (χ2n) is 5.75. The van der Waals surface area contributed by atoms with Crippen LogP contribution in [0.15, 0.2) is 24.3 Å². The molecule has 1 atom stereocenters. The van der Waals surface area contributed by atoms with Crippen molar-refractivity contribution in [3.05, 3.63) is 35.4 Å². The van der Waals surface area contributed by atoms with Crippen LogP contribution in [0.3, 0.4) is 0 Å². The Balaban J connectivity index is 0.00000162. The van der Waals surface area contributed by atoms with Crippen molar-refractivity contribution in [3.63, 3.8) is 0 Å². The summed E-state index contributed by atoms with van der Waals surface area (Å²) in [5.74, 6) is 1.29. The van der Waals surface area contributed by atoms with E-state index in [1.54, 1.807) is 0 Å². The van der Waals surface area contributed by atoms with Crippen molar-refractivity contribution in [2.75, 3.05) is 0 Å². The molecule has 0 unspecified atom stereocenters. The fourth-order valence-corrected chi connectivity index (χ4v) is 2.89. The zero-order valence-corrected chi connectivity index (χ0v) is 12.4. The van der Waals surface area contributed by atoms with Gasteiger partial charge in [0.05, 0.1) is 0 Å². The molecule has 18 heavy (non-hydrogen) atoms. The van der Waals surface area contributed by atoms with E-state index in [9.17, 15) is 0 Å². The average Bonchev–Trinajstić information content (AvgIpc) is 2.39. The van der Waals surface area contributed by atoms with Gasteiger partial charge in [-0.3, -0.25) is 0 Å². The van der Waals surface area contributed by atoms with Crippen molar-refractivity contribution >= 4 is 12.4 Å². The van der Waals surface area contributed by atoms with Crippen molar-refractivity contribution in [1.29, 1.82) is 0 Å². The zero-order valence-electron chi connectivity index (χ0n) is 11.6. The molecule has 1 aromatic carbocycles. The summed E-state index contributed by atoms with van der Waals surface area (Å²) in [6.07, 6.45) is 6.75. The van der Waals surface area contributed by atoms with E-state index in [1.165, 1.54) is 43.2 Å². The molecule has 0 saturated heterocycles. The van der Waals surface area contributed by atoms with Crippen molar-refractivity contribution < 1.29 is 0 Å². The van der Waals surface area contributed by atoms with Crippen LogP contribution < -0.4 is 5.73 Å². The van der Waals surface area contributed by atoms with Crippen LogP contribution >= 0.6 is 12.4 Å². The summed E-state index contributed by atoms with van der Waals surface area (Å²) in [7, 11) is 0. The number of nitrogens with two attached hydrogens (primary N) is 1. The standard InChI is InChI=1S/C16H25N.ClH/c1-12(2)14-9-6-10-15(11-14)16(17)13-7-4-3-5-8-13;/h6,9-13,16H,3-5,7-8,17H2,1-2H3;1H/t16-;/m0./s1. The minimum atomic E-state index is 0. The molecule has 102 valence electrons. The highest BCUT2D eigenvalue weighted by molar-refractivity contribution is 5.85. The summed E-state index contributed by atoms with van der Waals surface area (Å²) in [5, 5.41) is 0. The molecular weight excluding hydrogens is 242 g/mol. The molecule has 0 amide bonds. The second kappa shape index (κ2) is 7.16. The lowest BCUT2D eigenvalue weighted by atomic mass is 9.81. The van der Waals surface area contributed by atoms with Crippen molar-refractivity contribution in [1.82, 2.24) is 0 Å². The van der Waals surface area contributed by atoms with E-state index in [2.05, 4.69) is 38.1 Å². The second-order valence-corrected chi connectivity index (χ2v) is 5.75. The Morgan fingerprint density at radius 2 is 1.67 bits per heavy atom. The van der Waals surface area contributed by atoms with Gasteiger partial charge in [-0.25, -0.2) is 0 Å². The van der Waals surface area contributed by atoms with Gasteiger partial charge in [0.1, 0.15) is 0 Å². The van der Waals surface area contributed by atoms with Crippen LogP contribution in [0.25, 0.3) is 0 Å². The Hall–Kier alpha value is -0.530. The topological polar surface area (TPSA) is 26.0 Å². The van der Waals surface area contributed by atoms with Gasteiger partial charge in [-0.05, 0) is 35.8 Å². The quantitative estimate of drug-likeness (QED) is 0.835. The molecule has 0 radical (unpaired) electrons. The smallest absolute Gasteiger partial charge is 0.0323 e. The molecule has 0 aromatic heterocycles. The van der Waals surface area contributed by atoms with Crippen LogP contribution in [0.4, 0.5) is 0 Å². The first-order chi connectivity index (χ1) is 8.18. The molecule has 1 aliphatic rings. The molecule has 1 aliphatic carbocycles. The Kier molecular flexibility index (Phi) is 6.17. The van der Waals surface area contributed by atoms with Gasteiger partial charge >= 0.3 is 0 Å². The number of halogens is 1. The van der Waals surface area contributed by atoms with Gasteiger partial charge in [0.25, 0.3) is 0 Å². The van der Waals surface area contributed by atoms with Gasteiger partial charge in [0, 0.05) is 6.04 Å². The highest BCUT2D eigenvalue weighted by Gasteiger charge is 2.21. The first-order valence-corrected chi connectivity index (χ1v) is 7.04. The Morgan fingerprint density at radius 3 is 2.28 bits per heavy atom.